The number of halogens is 1. The van der Waals surface area contributed by atoms with Crippen molar-refractivity contribution < 1.29 is 31.9 Å². The monoisotopic (exact) mass is 485 g/mol. The predicted molar refractivity (Wildman–Crippen MR) is 120 cm³/mol. The molecule has 0 aromatic heterocycles. The number of aryl methyl sites for hydroxylation is 1. The van der Waals surface area contributed by atoms with Crippen molar-refractivity contribution >= 4 is 27.5 Å². The van der Waals surface area contributed by atoms with Gasteiger partial charge in [-0.2, -0.15) is 0 Å². The molecule has 4 rings (SSSR count). The number of hydrogen-bond acceptors (Lipinski definition) is 6. The molecule has 3 aromatic rings. The van der Waals surface area contributed by atoms with Crippen LogP contribution in [0.1, 0.15) is 15.9 Å². The van der Waals surface area contributed by atoms with Crippen molar-refractivity contribution in [3.63, 3.8) is 0 Å². The van der Waals surface area contributed by atoms with Crippen molar-refractivity contribution in [2.75, 3.05) is 11.3 Å². The molecule has 176 valence electrons. The summed E-state index contributed by atoms with van der Waals surface area (Å²) in [7, 11) is -4.08. The van der Waals surface area contributed by atoms with Crippen LogP contribution in [0, 0.1) is 12.7 Å². The minimum atomic E-state index is -4.08. The minimum absolute atomic E-state index is 0.0322. The van der Waals surface area contributed by atoms with Gasteiger partial charge in [-0.1, -0.05) is 24.3 Å². The molecule has 11 heteroatoms. The molecule has 0 radical (unpaired) electrons. The number of rotatable bonds is 5. The molecular weight excluding hydrogens is 465 g/mol. The quantitative estimate of drug-likeness (QED) is 0.478. The van der Waals surface area contributed by atoms with Crippen LogP contribution < -0.4 is 25.0 Å². The third-order valence-electron chi connectivity index (χ3n) is 4.93. The van der Waals surface area contributed by atoms with Crippen LogP contribution in [0.25, 0.3) is 0 Å². The summed E-state index contributed by atoms with van der Waals surface area (Å²) in [5, 5.41) is 0. The summed E-state index contributed by atoms with van der Waals surface area (Å²) in [6.07, 6.45) is -0.969. The van der Waals surface area contributed by atoms with Crippen molar-refractivity contribution in [3.8, 4) is 11.5 Å². The van der Waals surface area contributed by atoms with Crippen LogP contribution >= 0.6 is 0 Å². The first-order chi connectivity index (χ1) is 16.2. The smallest absolute Gasteiger partial charge is 0.283 e. The lowest BCUT2D eigenvalue weighted by atomic mass is 10.2. The number of sulfonamides is 1. The average Bonchev–Trinajstić information content (AvgIpc) is 2.83. The van der Waals surface area contributed by atoms with E-state index in [0.717, 1.165) is 6.07 Å². The number of ether oxygens (including phenoxy) is 2. The second-order valence-corrected chi connectivity index (χ2v) is 9.09. The van der Waals surface area contributed by atoms with E-state index < -0.39 is 33.8 Å². The molecule has 3 N–H and O–H groups in total. The Morgan fingerprint density at radius 2 is 1.74 bits per heavy atom. The lowest BCUT2D eigenvalue weighted by Crippen LogP contribution is -2.50. The maximum atomic E-state index is 13.8. The average molecular weight is 485 g/mol. The molecule has 2 amide bonds. The topological polar surface area (TPSA) is 123 Å². The standard InChI is InChI=1S/C23H20FN3O6S/c1-14-9-10-17(12-18(14)24)34(30,31)27-16-6-4-5-15(11-16)22(28)25-26-23(29)21-13-32-19-7-2-3-8-20(19)33-21/h2-12,21,27H,13H2,1H3,(H,25,28)(H,26,29). The van der Waals surface area contributed by atoms with Gasteiger partial charge >= 0.3 is 0 Å². The number of fused-ring (bicyclic) bond motifs is 1. The molecule has 0 aliphatic carbocycles. The van der Waals surface area contributed by atoms with Crippen LogP contribution in [0.5, 0.6) is 11.5 Å². The van der Waals surface area contributed by atoms with Crippen LogP contribution in [-0.2, 0) is 14.8 Å². The third-order valence-corrected chi connectivity index (χ3v) is 6.31. The molecule has 0 saturated carbocycles. The summed E-state index contributed by atoms with van der Waals surface area (Å²) < 4.78 is 52.3. The third kappa shape index (κ3) is 5.09. The Kier molecular flexibility index (Phi) is 6.37. The number of carbonyl (C=O) groups is 2. The summed E-state index contributed by atoms with van der Waals surface area (Å²) >= 11 is 0. The Morgan fingerprint density at radius 1 is 0.971 bits per heavy atom. The van der Waals surface area contributed by atoms with Crippen molar-refractivity contribution in [1.82, 2.24) is 10.9 Å². The van der Waals surface area contributed by atoms with E-state index in [9.17, 15) is 22.4 Å². The van der Waals surface area contributed by atoms with E-state index in [1.165, 1.54) is 43.3 Å². The van der Waals surface area contributed by atoms with Crippen LogP contribution in [-0.4, -0.2) is 32.9 Å². The Labute approximate surface area is 194 Å². The van der Waals surface area contributed by atoms with Gasteiger partial charge in [-0.05, 0) is 55.0 Å². The molecule has 1 atom stereocenters. The number of anilines is 1. The molecule has 1 heterocycles. The molecule has 0 bridgehead atoms. The fraction of sp³-hybridized carbons (Fsp3) is 0.130. The van der Waals surface area contributed by atoms with Gasteiger partial charge in [0.05, 0.1) is 4.90 Å². The SMILES string of the molecule is Cc1ccc(S(=O)(=O)Nc2cccc(C(=O)NNC(=O)C3COc4ccccc4O3)c2)cc1F. The first kappa shape index (κ1) is 23.1. The maximum Gasteiger partial charge on any atom is 0.283 e. The Morgan fingerprint density at radius 3 is 2.50 bits per heavy atom. The van der Waals surface area contributed by atoms with Gasteiger partial charge in [-0.25, -0.2) is 12.8 Å². The maximum absolute atomic E-state index is 13.8. The zero-order valence-electron chi connectivity index (χ0n) is 17.9. The highest BCUT2D eigenvalue weighted by Gasteiger charge is 2.27. The van der Waals surface area contributed by atoms with E-state index in [2.05, 4.69) is 15.6 Å². The molecule has 0 saturated heterocycles. The zero-order valence-corrected chi connectivity index (χ0v) is 18.7. The first-order valence-electron chi connectivity index (χ1n) is 10.1. The van der Waals surface area contributed by atoms with Crippen molar-refractivity contribution in [3.05, 3.63) is 83.7 Å². The fourth-order valence-corrected chi connectivity index (χ4v) is 4.16. The zero-order chi connectivity index (χ0) is 24.3. The minimum Gasteiger partial charge on any atom is -0.485 e. The van der Waals surface area contributed by atoms with Crippen LogP contribution in [0.15, 0.2) is 71.6 Å². The van der Waals surface area contributed by atoms with E-state index in [0.29, 0.717) is 17.1 Å². The van der Waals surface area contributed by atoms with Gasteiger partial charge in [0.15, 0.2) is 11.5 Å². The molecule has 1 aliphatic heterocycles. The number of hydrazine groups is 1. The Bertz CT molecular complexity index is 1360. The summed E-state index contributed by atoms with van der Waals surface area (Å²) in [6.45, 7) is 1.49. The largest absolute Gasteiger partial charge is 0.485 e. The van der Waals surface area contributed by atoms with Gasteiger partial charge < -0.3 is 9.47 Å². The number of carbonyl (C=O) groups excluding carboxylic acids is 2. The summed E-state index contributed by atoms with van der Waals surface area (Å²) in [5.41, 5.74) is 4.99. The highest BCUT2D eigenvalue weighted by Crippen LogP contribution is 2.30. The predicted octanol–water partition coefficient (Wildman–Crippen LogP) is 2.54. The molecule has 1 unspecified atom stereocenters. The Balaban J connectivity index is 1.38. The van der Waals surface area contributed by atoms with E-state index in [-0.39, 0.29) is 22.8 Å². The van der Waals surface area contributed by atoms with Gasteiger partial charge in [-0.3, -0.25) is 25.2 Å². The molecule has 1 aliphatic rings. The fourth-order valence-electron chi connectivity index (χ4n) is 3.10. The molecule has 0 fully saturated rings. The van der Waals surface area contributed by atoms with E-state index in [1.807, 2.05) is 0 Å². The van der Waals surface area contributed by atoms with E-state index in [4.69, 9.17) is 9.47 Å². The van der Waals surface area contributed by atoms with Gasteiger partial charge in [0, 0.05) is 11.3 Å². The summed E-state index contributed by atoms with van der Waals surface area (Å²) in [5.74, 6) is -1.03. The van der Waals surface area contributed by atoms with Crippen molar-refractivity contribution in [2.45, 2.75) is 17.9 Å². The van der Waals surface area contributed by atoms with Crippen molar-refractivity contribution in [2.24, 2.45) is 0 Å². The second kappa shape index (κ2) is 9.40. The van der Waals surface area contributed by atoms with Gasteiger partial charge in [0.1, 0.15) is 12.4 Å². The molecule has 3 aromatic carbocycles. The number of amides is 2. The van der Waals surface area contributed by atoms with Crippen LogP contribution in [0.4, 0.5) is 10.1 Å². The normalized spacial score (nSPS) is 14.7. The molecule has 0 spiro atoms. The lowest BCUT2D eigenvalue weighted by molar-refractivity contribution is -0.131. The van der Waals surface area contributed by atoms with Crippen LogP contribution in [0.2, 0.25) is 0 Å². The van der Waals surface area contributed by atoms with Crippen LogP contribution in [0.3, 0.4) is 0 Å². The van der Waals surface area contributed by atoms with E-state index >= 15 is 0 Å². The van der Waals surface area contributed by atoms with E-state index in [1.54, 1.807) is 24.3 Å². The highest BCUT2D eigenvalue weighted by atomic mass is 32.2. The summed E-state index contributed by atoms with van der Waals surface area (Å²) in [4.78, 5) is 24.6. The van der Waals surface area contributed by atoms with Crippen molar-refractivity contribution in [1.29, 1.82) is 0 Å². The summed E-state index contributed by atoms with van der Waals surface area (Å²) in [6, 6.07) is 16.0. The number of para-hydroxylation sites is 2. The van der Waals surface area contributed by atoms with Gasteiger partial charge in [0.2, 0.25) is 6.10 Å². The number of nitrogens with one attached hydrogen (secondary N) is 3. The number of benzene rings is 3. The molecule has 34 heavy (non-hydrogen) atoms. The molecular formula is C23H20FN3O6S. The molecule has 9 nitrogen and oxygen atoms in total. The second-order valence-electron chi connectivity index (χ2n) is 7.40. The first-order valence-corrected chi connectivity index (χ1v) is 11.6. The van der Waals surface area contributed by atoms with Gasteiger partial charge in [0.25, 0.3) is 21.8 Å². The lowest BCUT2D eigenvalue weighted by Gasteiger charge is -2.25. The highest BCUT2D eigenvalue weighted by molar-refractivity contribution is 7.92. The van der Waals surface area contributed by atoms with Gasteiger partial charge in [-0.15, -0.1) is 0 Å². The Hall–Kier alpha value is -4.12. The number of hydrogen-bond donors (Lipinski definition) is 3.